The van der Waals surface area contributed by atoms with Crippen LogP contribution in [0.15, 0.2) is 64.6 Å². The number of benzene rings is 2. The molecule has 0 amide bonds. The molecule has 0 fully saturated rings. The number of anilines is 1. The summed E-state index contributed by atoms with van der Waals surface area (Å²) in [6, 6.07) is 11.2. The molecule has 3 aromatic rings. The van der Waals surface area contributed by atoms with Crippen molar-refractivity contribution in [2.75, 3.05) is 10.8 Å². The monoisotopic (exact) mass is 540 g/mol. The summed E-state index contributed by atoms with van der Waals surface area (Å²) in [5, 5.41) is 11.7. The number of amidine groups is 1. The van der Waals surface area contributed by atoms with Gasteiger partial charge < -0.3 is 15.7 Å². The molecule has 1 aliphatic heterocycles. The number of halogens is 4. The normalized spacial score (nSPS) is 15.8. The van der Waals surface area contributed by atoms with Crippen molar-refractivity contribution in [2.45, 2.75) is 30.5 Å². The van der Waals surface area contributed by atoms with Crippen molar-refractivity contribution in [3.05, 3.63) is 70.7 Å². The number of rotatable bonds is 4. The lowest BCUT2D eigenvalue weighted by atomic mass is 10.1. The Morgan fingerprint density at radius 1 is 1.17 bits per heavy atom. The zero-order valence-corrected chi connectivity index (χ0v) is 20.5. The fraction of sp³-hybridized carbons (Fsp3) is 0.217. The van der Waals surface area contributed by atoms with E-state index < -0.39 is 27.4 Å². The van der Waals surface area contributed by atoms with E-state index >= 15 is 0 Å². The first-order valence-corrected chi connectivity index (χ1v) is 12.2. The van der Waals surface area contributed by atoms with Gasteiger partial charge in [-0.15, -0.1) is 0 Å². The quantitative estimate of drug-likeness (QED) is 0.211. The van der Waals surface area contributed by atoms with E-state index in [1.165, 1.54) is 42.5 Å². The van der Waals surface area contributed by atoms with Crippen LogP contribution in [0, 0.1) is 0 Å². The molecule has 0 saturated heterocycles. The van der Waals surface area contributed by atoms with E-state index in [0.717, 1.165) is 16.4 Å². The van der Waals surface area contributed by atoms with Crippen LogP contribution in [-0.2, 0) is 16.2 Å². The van der Waals surface area contributed by atoms with Gasteiger partial charge in [0.25, 0.3) is 10.0 Å². The summed E-state index contributed by atoms with van der Waals surface area (Å²) in [6.07, 6.45) is -4.47. The molecule has 13 heteroatoms. The lowest BCUT2D eigenvalue weighted by molar-refractivity contribution is -0.137. The molecule has 36 heavy (non-hydrogen) atoms. The molecule has 190 valence electrons. The lowest BCUT2D eigenvalue weighted by Crippen LogP contribution is -2.49. The fourth-order valence-corrected chi connectivity index (χ4v) is 5.66. The fourth-order valence-electron chi connectivity index (χ4n) is 3.67. The Hall–Kier alpha value is -3.51. The summed E-state index contributed by atoms with van der Waals surface area (Å²) < 4.78 is 72.9. The van der Waals surface area contributed by atoms with Crippen LogP contribution in [0.3, 0.4) is 0 Å². The number of fused-ring (bicyclic) bond motifs is 1. The molecule has 0 atom stereocenters. The van der Waals surface area contributed by atoms with Crippen LogP contribution in [0.25, 0.3) is 11.3 Å². The van der Waals surface area contributed by atoms with E-state index in [1.807, 2.05) is 0 Å². The summed E-state index contributed by atoms with van der Waals surface area (Å²) in [7, 11) is -4.16. The van der Waals surface area contributed by atoms with Gasteiger partial charge >= 0.3 is 6.18 Å². The Bertz CT molecular complexity index is 1460. The van der Waals surface area contributed by atoms with Crippen LogP contribution in [-0.4, -0.2) is 36.6 Å². The molecule has 3 N–H and O–H groups in total. The molecule has 0 saturated carbocycles. The molecule has 2 heterocycles. The number of nitrogens with zero attached hydrogens (tertiary/aromatic N) is 3. The van der Waals surface area contributed by atoms with E-state index in [9.17, 15) is 21.6 Å². The molecular weight excluding hydrogens is 521 g/mol. The standard InChI is InChI=1S/C23H20ClF3N4O4S/c1-22(2)12-31(36(33,34)15-7-8-16(17(24)11-15)20(28)30-32)19-10-9-18(29-21(19)35-22)13-3-5-14(6-4-13)23(25,26)27/h3-11,32H,12H2,1-2H3,(H2,28,30). The first-order valence-electron chi connectivity index (χ1n) is 10.4. The summed E-state index contributed by atoms with van der Waals surface area (Å²) in [5.41, 5.74) is 4.80. The van der Waals surface area contributed by atoms with E-state index in [1.54, 1.807) is 13.8 Å². The number of hydrogen-bond acceptors (Lipinski definition) is 6. The van der Waals surface area contributed by atoms with Gasteiger partial charge in [-0.3, -0.25) is 4.31 Å². The minimum Gasteiger partial charge on any atom is -0.468 e. The van der Waals surface area contributed by atoms with E-state index in [4.69, 9.17) is 27.3 Å². The third-order valence-electron chi connectivity index (χ3n) is 5.43. The highest BCUT2D eigenvalue weighted by Crippen LogP contribution is 2.41. The molecule has 0 radical (unpaired) electrons. The Morgan fingerprint density at radius 3 is 2.42 bits per heavy atom. The second-order valence-electron chi connectivity index (χ2n) is 8.60. The highest BCUT2D eigenvalue weighted by molar-refractivity contribution is 7.92. The van der Waals surface area contributed by atoms with Gasteiger partial charge in [-0.25, -0.2) is 13.4 Å². The predicted molar refractivity (Wildman–Crippen MR) is 128 cm³/mol. The number of aromatic nitrogens is 1. The number of alkyl halides is 3. The van der Waals surface area contributed by atoms with E-state index in [0.29, 0.717) is 11.3 Å². The van der Waals surface area contributed by atoms with Gasteiger partial charge in [0.1, 0.15) is 11.3 Å². The number of ether oxygens (including phenoxy) is 1. The van der Waals surface area contributed by atoms with E-state index in [-0.39, 0.29) is 39.4 Å². The molecular formula is C23H20ClF3N4O4S. The second-order valence-corrected chi connectivity index (χ2v) is 10.9. The molecule has 1 aromatic heterocycles. The molecule has 0 spiro atoms. The van der Waals surface area contributed by atoms with Gasteiger partial charge in [0.2, 0.25) is 5.88 Å². The summed E-state index contributed by atoms with van der Waals surface area (Å²) >= 11 is 6.17. The highest BCUT2D eigenvalue weighted by atomic mass is 35.5. The van der Waals surface area contributed by atoms with Crippen molar-refractivity contribution in [3.8, 4) is 17.1 Å². The summed E-state index contributed by atoms with van der Waals surface area (Å²) in [5.74, 6) is -0.270. The van der Waals surface area contributed by atoms with Gasteiger partial charge in [-0.2, -0.15) is 13.2 Å². The van der Waals surface area contributed by atoms with Crippen LogP contribution in [0.4, 0.5) is 18.9 Å². The van der Waals surface area contributed by atoms with Crippen LogP contribution in [0.5, 0.6) is 5.88 Å². The number of nitrogens with two attached hydrogens (primary N) is 1. The smallest absolute Gasteiger partial charge is 0.416 e. The Labute approximate surface area is 209 Å². The first-order chi connectivity index (χ1) is 16.7. The third-order valence-corrected chi connectivity index (χ3v) is 7.49. The molecule has 4 rings (SSSR count). The Morgan fingerprint density at radius 2 is 1.83 bits per heavy atom. The van der Waals surface area contributed by atoms with Crippen molar-refractivity contribution in [1.29, 1.82) is 0 Å². The molecule has 1 aliphatic rings. The van der Waals surface area contributed by atoms with Gasteiger partial charge in [-0.05, 0) is 56.3 Å². The van der Waals surface area contributed by atoms with Crippen molar-refractivity contribution in [1.82, 2.24) is 4.98 Å². The topological polar surface area (TPSA) is 118 Å². The number of pyridine rings is 1. The zero-order chi connectivity index (χ0) is 26.5. The number of hydrogen-bond donors (Lipinski definition) is 2. The molecule has 2 aromatic carbocycles. The second kappa shape index (κ2) is 8.86. The van der Waals surface area contributed by atoms with Gasteiger partial charge in [-0.1, -0.05) is 28.9 Å². The molecule has 0 aliphatic carbocycles. The maximum Gasteiger partial charge on any atom is 0.416 e. The van der Waals surface area contributed by atoms with E-state index in [2.05, 4.69) is 10.1 Å². The molecule has 0 bridgehead atoms. The minimum absolute atomic E-state index is 0.00611. The Kier molecular flexibility index (Phi) is 6.29. The average Bonchev–Trinajstić information content (AvgIpc) is 2.81. The Balaban J connectivity index is 1.75. The SMILES string of the molecule is CC1(C)CN(S(=O)(=O)c2ccc(/C(N)=N/O)c(Cl)c2)c2ccc(-c3ccc(C(F)(F)F)cc3)nc2O1. The molecule has 8 nitrogen and oxygen atoms in total. The maximum absolute atomic E-state index is 13.6. The van der Waals surface area contributed by atoms with Crippen LogP contribution in [0.2, 0.25) is 5.02 Å². The van der Waals surface area contributed by atoms with Crippen molar-refractivity contribution >= 4 is 33.1 Å². The van der Waals surface area contributed by atoms with Crippen LogP contribution >= 0.6 is 11.6 Å². The van der Waals surface area contributed by atoms with Gasteiger partial charge in [0, 0.05) is 11.1 Å². The minimum atomic E-state index is -4.47. The summed E-state index contributed by atoms with van der Waals surface area (Å²) in [4.78, 5) is 4.26. The van der Waals surface area contributed by atoms with Gasteiger partial charge in [0.05, 0.1) is 27.7 Å². The number of oxime groups is 1. The number of sulfonamides is 1. The first kappa shape index (κ1) is 25.6. The van der Waals surface area contributed by atoms with Crippen LogP contribution in [0.1, 0.15) is 25.0 Å². The maximum atomic E-state index is 13.6. The zero-order valence-electron chi connectivity index (χ0n) is 18.9. The predicted octanol–water partition coefficient (Wildman–Crippen LogP) is 4.88. The average molecular weight is 541 g/mol. The van der Waals surface area contributed by atoms with Crippen molar-refractivity contribution in [3.63, 3.8) is 0 Å². The lowest BCUT2D eigenvalue weighted by Gasteiger charge is -2.39. The highest BCUT2D eigenvalue weighted by Gasteiger charge is 2.40. The van der Waals surface area contributed by atoms with Gasteiger partial charge in [0.15, 0.2) is 5.84 Å². The van der Waals surface area contributed by atoms with Crippen molar-refractivity contribution in [2.24, 2.45) is 10.9 Å². The molecule has 0 unspecified atom stereocenters. The largest absolute Gasteiger partial charge is 0.468 e. The van der Waals surface area contributed by atoms with Crippen LogP contribution < -0.4 is 14.8 Å². The third kappa shape index (κ3) is 4.78. The van der Waals surface area contributed by atoms with Crippen molar-refractivity contribution < 1.29 is 31.5 Å². The summed E-state index contributed by atoms with van der Waals surface area (Å²) in [6.45, 7) is 3.31.